The van der Waals surface area contributed by atoms with Gasteiger partial charge in [0.15, 0.2) is 5.43 Å². The first kappa shape index (κ1) is 16.5. The Balaban J connectivity index is 0.00000200. The largest absolute Gasteiger partial charge is 1.00 e. The Bertz CT molecular complexity index is 735. The van der Waals surface area contributed by atoms with Gasteiger partial charge in [0, 0.05) is 6.07 Å². The minimum absolute atomic E-state index is 0. The van der Waals surface area contributed by atoms with Crippen LogP contribution < -0.4 is 40.1 Å². The van der Waals surface area contributed by atoms with E-state index in [1.807, 2.05) is 0 Å². The number of carboxylic acids is 1. The molecule has 1 N–H and O–H groups in total. The van der Waals surface area contributed by atoms with E-state index in [2.05, 4.69) is 4.42 Å². The van der Waals surface area contributed by atoms with E-state index in [4.69, 9.17) is 0 Å². The minimum Gasteiger partial charge on any atom is -0.545 e. The van der Waals surface area contributed by atoms with E-state index in [-0.39, 0.29) is 35.6 Å². The zero-order chi connectivity index (χ0) is 14.4. The van der Waals surface area contributed by atoms with Crippen LogP contribution in [0.1, 0.15) is 16.1 Å². The molecule has 2 rings (SSSR count). The number of alkyl halides is 3. The van der Waals surface area contributed by atoms with Gasteiger partial charge in [0.25, 0.3) is 0 Å². The van der Waals surface area contributed by atoms with Crippen LogP contribution in [0, 0.1) is 0 Å². The molecule has 20 heavy (non-hydrogen) atoms. The minimum atomic E-state index is -4.88. The summed E-state index contributed by atoms with van der Waals surface area (Å²) >= 11 is 0. The smallest absolute Gasteiger partial charge is 0.545 e. The van der Waals surface area contributed by atoms with Gasteiger partial charge in [-0.15, -0.1) is 0 Å². The number of rotatable bonds is 1. The van der Waals surface area contributed by atoms with Crippen molar-refractivity contribution in [3.63, 3.8) is 0 Å². The molecule has 100 valence electrons. The number of phenols is 1. The molecular formula is C11H4F3NaO5. The van der Waals surface area contributed by atoms with Crippen LogP contribution in [0.4, 0.5) is 13.2 Å². The summed E-state index contributed by atoms with van der Waals surface area (Å²) in [7, 11) is 0. The van der Waals surface area contributed by atoms with E-state index in [1.165, 1.54) is 0 Å². The molecular weight excluding hydrogens is 292 g/mol. The number of aromatic hydroxyl groups is 1. The summed E-state index contributed by atoms with van der Waals surface area (Å²) in [6.07, 6.45) is -4.88. The van der Waals surface area contributed by atoms with Crippen molar-refractivity contribution in [1.82, 2.24) is 0 Å². The summed E-state index contributed by atoms with van der Waals surface area (Å²) in [5.41, 5.74) is -2.74. The van der Waals surface area contributed by atoms with Crippen molar-refractivity contribution >= 4 is 16.9 Å². The Morgan fingerprint density at radius 3 is 2.40 bits per heavy atom. The van der Waals surface area contributed by atoms with Crippen LogP contribution in [0.3, 0.4) is 0 Å². The molecule has 0 bridgehead atoms. The normalized spacial score (nSPS) is 11.2. The topological polar surface area (TPSA) is 90.6 Å². The number of carbonyl (C=O) groups is 1. The van der Waals surface area contributed by atoms with Gasteiger partial charge in [-0.1, -0.05) is 0 Å². The number of carboxylic acid groups (broad SMARTS) is 1. The molecule has 0 saturated carbocycles. The van der Waals surface area contributed by atoms with Gasteiger partial charge < -0.3 is 19.4 Å². The zero-order valence-electron chi connectivity index (χ0n) is 9.95. The van der Waals surface area contributed by atoms with Crippen molar-refractivity contribution < 1.29 is 62.2 Å². The van der Waals surface area contributed by atoms with Crippen LogP contribution in [-0.4, -0.2) is 11.1 Å². The Kier molecular flexibility index (Phi) is 4.52. The molecule has 0 fully saturated rings. The van der Waals surface area contributed by atoms with Crippen LogP contribution in [0.25, 0.3) is 11.0 Å². The fourth-order valence-corrected chi connectivity index (χ4v) is 1.59. The quantitative estimate of drug-likeness (QED) is 0.608. The molecule has 1 heterocycles. The van der Waals surface area contributed by atoms with Gasteiger partial charge in [-0.2, -0.15) is 13.2 Å². The summed E-state index contributed by atoms with van der Waals surface area (Å²) in [6, 6.07) is 1.79. The Hall–Kier alpha value is -1.51. The van der Waals surface area contributed by atoms with Crippen LogP contribution in [0.15, 0.2) is 27.4 Å². The monoisotopic (exact) mass is 296 g/mol. The van der Waals surface area contributed by atoms with Gasteiger partial charge in [-0.25, -0.2) is 0 Å². The molecule has 5 nitrogen and oxygen atoms in total. The number of aromatic carboxylic acids is 1. The van der Waals surface area contributed by atoms with Crippen LogP contribution in [0.2, 0.25) is 0 Å². The van der Waals surface area contributed by atoms with Gasteiger partial charge in [0.1, 0.15) is 11.3 Å². The van der Waals surface area contributed by atoms with E-state index in [1.54, 1.807) is 0 Å². The average molecular weight is 296 g/mol. The average Bonchev–Trinajstić information content (AvgIpc) is 2.27. The van der Waals surface area contributed by atoms with Crippen molar-refractivity contribution in [3.8, 4) is 5.75 Å². The van der Waals surface area contributed by atoms with E-state index in [9.17, 15) is 33.0 Å². The Morgan fingerprint density at radius 1 is 1.30 bits per heavy atom. The SMILES string of the molecule is O=C([O-])c1c(O)ccc2oc(C(F)(F)F)cc(=O)c12.[Na+]. The maximum atomic E-state index is 12.4. The fourth-order valence-electron chi connectivity index (χ4n) is 1.59. The molecule has 0 spiro atoms. The van der Waals surface area contributed by atoms with Gasteiger partial charge in [-0.3, -0.25) is 4.79 Å². The second kappa shape index (κ2) is 5.47. The molecule has 0 aliphatic rings. The third-order valence-electron chi connectivity index (χ3n) is 2.36. The summed E-state index contributed by atoms with van der Waals surface area (Å²) < 4.78 is 41.7. The van der Waals surface area contributed by atoms with Crippen molar-refractivity contribution in [3.05, 3.63) is 39.7 Å². The molecule has 0 unspecified atom stereocenters. The molecule has 0 radical (unpaired) electrons. The van der Waals surface area contributed by atoms with E-state index >= 15 is 0 Å². The van der Waals surface area contributed by atoms with Crippen LogP contribution in [-0.2, 0) is 6.18 Å². The molecule has 0 atom stereocenters. The van der Waals surface area contributed by atoms with Gasteiger partial charge in [-0.05, 0) is 12.1 Å². The van der Waals surface area contributed by atoms with Gasteiger partial charge in [0.05, 0.1) is 16.9 Å². The fraction of sp³-hybridized carbons (Fsp3) is 0.0909. The van der Waals surface area contributed by atoms with E-state index in [0.717, 1.165) is 12.1 Å². The third kappa shape index (κ3) is 2.82. The van der Waals surface area contributed by atoms with Crippen molar-refractivity contribution in [2.45, 2.75) is 6.18 Å². The van der Waals surface area contributed by atoms with Gasteiger partial charge >= 0.3 is 35.7 Å². The standard InChI is InChI=1S/C11H5F3O5.Na/c12-11(13,14)7-3-5(16)8-6(19-7)2-1-4(15)9(8)10(17)18;/h1-3,15H,(H,17,18);/q;+1/p-1. The summed E-state index contributed by atoms with van der Waals surface area (Å²) in [5, 5.41) is 19.4. The Labute approximate surface area is 130 Å². The molecule has 0 aliphatic carbocycles. The first-order chi connectivity index (χ1) is 8.71. The predicted octanol–water partition coefficient (Wildman–Crippen LogP) is -2.12. The maximum absolute atomic E-state index is 12.4. The maximum Gasteiger partial charge on any atom is 1.00 e. The van der Waals surface area contributed by atoms with Crippen LogP contribution >= 0.6 is 0 Å². The van der Waals surface area contributed by atoms with Crippen LogP contribution in [0.5, 0.6) is 5.75 Å². The molecule has 1 aromatic carbocycles. The number of benzene rings is 1. The number of halogens is 3. The number of fused-ring (bicyclic) bond motifs is 1. The molecule has 0 amide bonds. The molecule has 0 aliphatic heterocycles. The summed E-state index contributed by atoms with van der Waals surface area (Å²) in [4.78, 5) is 22.4. The molecule has 9 heteroatoms. The van der Waals surface area contributed by atoms with E-state index < -0.39 is 45.6 Å². The Morgan fingerprint density at radius 2 is 1.90 bits per heavy atom. The van der Waals surface area contributed by atoms with Crippen molar-refractivity contribution in [2.75, 3.05) is 0 Å². The molecule has 1 aromatic heterocycles. The van der Waals surface area contributed by atoms with Crippen molar-refractivity contribution in [2.24, 2.45) is 0 Å². The van der Waals surface area contributed by atoms with Crippen molar-refractivity contribution in [1.29, 1.82) is 0 Å². The van der Waals surface area contributed by atoms with Gasteiger partial charge in [0.2, 0.25) is 5.76 Å². The zero-order valence-corrected chi connectivity index (χ0v) is 11.9. The number of hydrogen-bond donors (Lipinski definition) is 1. The summed E-state index contributed by atoms with van der Waals surface area (Å²) in [6.45, 7) is 0. The third-order valence-corrected chi connectivity index (χ3v) is 2.36. The second-order valence-electron chi connectivity index (χ2n) is 3.59. The van der Waals surface area contributed by atoms with E-state index in [0.29, 0.717) is 0 Å². The molecule has 2 aromatic rings. The summed E-state index contributed by atoms with van der Waals surface area (Å²) in [5.74, 6) is -4.24. The first-order valence-corrected chi connectivity index (χ1v) is 4.80. The predicted molar refractivity (Wildman–Crippen MR) is 53.5 cm³/mol. The number of carbonyl (C=O) groups excluding carboxylic acids is 1. The number of hydrogen-bond acceptors (Lipinski definition) is 5. The first-order valence-electron chi connectivity index (χ1n) is 4.80. The molecule has 0 saturated heterocycles. The second-order valence-corrected chi connectivity index (χ2v) is 3.59.